The Balaban J connectivity index is 1.57. The van der Waals surface area contributed by atoms with Crippen LogP contribution in [0.5, 0.6) is 0 Å². The van der Waals surface area contributed by atoms with E-state index in [-0.39, 0.29) is 17.9 Å². The van der Waals surface area contributed by atoms with Gasteiger partial charge in [-0.1, -0.05) is 12.1 Å². The van der Waals surface area contributed by atoms with Crippen molar-refractivity contribution < 1.29 is 19.1 Å². The lowest BCUT2D eigenvalue weighted by Crippen LogP contribution is -2.50. The van der Waals surface area contributed by atoms with E-state index < -0.39 is 0 Å². The molecule has 1 saturated heterocycles. The second-order valence-electron chi connectivity index (χ2n) is 5.73. The molecule has 2 heterocycles. The minimum Gasteiger partial charge on any atom is -0.453 e. The second-order valence-corrected chi connectivity index (χ2v) is 5.73. The average Bonchev–Trinajstić information content (AvgIpc) is 2.93. The lowest BCUT2D eigenvalue weighted by molar-refractivity contribution is -0.132. The van der Waals surface area contributed by atoms with Gasteiger partial charge in [0.25, 0.3) is 0 Å². The maximum Gasteiger partial charge on any atom is 0.409 e. The van der Waals surface area contributed by atoms with Crippen molar-refractivity contribution in [3.8, 4) is 0 Å². The number of anilines is 1. The highest BCUT2D eigenvalue weighted by Gasteiger charge is 2.25. The molecule has 0 bridgehead atoms. The van der Waals surface area contributed by atoms with Gasteiger partial charge < -0.3 is 19.9 Å². The van der Waals surface area contributed by atoms with Gasteiger partial charge in [0, 0.05) is 31.9 Å². The van der Waals surface area contributed by atoms with Gasteiger partial charge in [-0.05, 0) is 17.2 Å². The summed E-state index contributed by atoms with van der Waals surface area (Å²) in [7, 11) is 1.35. The van der Waals surface area contributed by atoms with Crippen molar-refractivity contribution >= 4 is 23.6 Å². The number of fused-ring (bicyclic) bond motifs is 1. The molecule has 23 heavy (non-hydrogen) atoms. The summed E-state index contributed by atoms with van der Waals surface area (Å²) >= 11 is 0. The number of piperazine rings is 1. The van der Waals surface area contributed by atoms with Crippen molar-refractivity contribution in [2.75, 3.05) is 38.6 Å². The van der Waals surface area contributed by atoms with Gasteiger partial charge in [0.15, 0.2) is 0 Å². The molecule has 7 heteroatoms. The molecule has 2 aliphatic heterocycles. The van der Waals surface area contributed by atoms with Gasteiger partial charge in [-0.2, -0.15) is 0 Å². The van der Waals surface area contributed by atoms with Crippen LogP contribution < -0.4 is 5.32 Å². The number of carbonyl (C=O) groups is 3. The van der Waals surface area contributed by atoms with E-state index in [1.165, 1.54) is 7.11 Å². The topological polar surface area (TPSA) is 79.0 Å². The number of carbonyl (C=O) groups excluding carboxylic acids is 3. The Morgan fingerprint density at radius 2 is 1.87 bits per heavy atom. The van der Waals surface area contributed by atoms with E-state index in [2.05, 4.69) is 10.1 Å². The van der Waals surface area contributed by atoms with E-state index in [0.717, 1.165) is 16.8 Å². The van der Waals surface area contributed by atoms with E-state index in [1.807, 2.05) is 18.2 Å². The van der Waals surface area contributed by atoms with Gasteiger partial charge in [0.05, 0.1) is 20.0 Å². The molecule has 0 spiro atoms. The van der Waals surface area contributed by atoms with E-state index in [1.54, 1.807) is 9.80 Å². The summed E-state index contributed by atoms with van der Waals surface area (Å²) in [6.07, 6.45) is 0.322. The minimum atomic E-state index is -0.354. The Kier molecular flexibility index (Phi) is 4.18. The highest BCUT2D eigenvalue weighted by atomic mass is 16.5. The van der Waals surface area contributed by atoms with Crippen LogP contribution in [0.1, 0.15) is 11.1 Å². The molecular formula is C16H19N3O4. The standard InChI is InChI=1S/C16H19N3O4/c1-23-16(22)19-6-4-18(5-7-19)15(21)9-11-2-3-13-12(8-11)10-14(20)17-13/h2-3,8H,4-7,9-10H2,1H3,(H,17,20). The van der Waals surface area contributed by atoms with Crippen molar-refractivity contribution in [1.29, 1.82) is 0 Å². The summed E-state index contributed by atoms with van der Waals surface area (Å²) in [5, 5.41) is 2.78. The van der Waals surface area contributed by atoms with Gasteiger partial charge in [0.2, 0.25) is 11.8 Å². The number of rotatable bonds is 2. The van der Waals surface area contributed by atoms with Crippen LogP contribution in [0.4, 0.5) is 10.5 Å². The number of ether oxygens (including phenoxy) is 1. The number of hydrogen-bond acceptors (Lipinski definition) is 4. The van der Waals surface area contributed by atoms with Crippen LogP contribution in [0.2, 0.25) is 0 Å². The molecule has 1 fully saturated rings. The first kappa shape index (κ1) is 15.3. The molecule has 0 aromatic heterocycles. The van der Waals surface area contributed by atoms with Gasteiger partial charge in [-0.25, -0.2) is 4.79 Å². The first-order valence-corrected chi connectivity index (χ1v) is 7.59. The normalized spacial score (nSPS) is 16.8. The van der Waals surface area contributed by atoms with Crippen molar-refractivity contribution in [1.82, 2.24) is 9.80 Å². The molecule has 1 N–H and O–H groups in total. The van der Waals surface area contributed by atoms with Crippen LogP contribution in [-0.2, 0) is 27.2 Å². The summed E-state index contributed by atoms with van der Waals surface area (Å²) < 4.78 is 4.68. The second kappa shape index (κ2) is 6.28. The number of methoxy groups -OCH3 is 1. The van der Waals surface area contributed by atoms with Crippen molar-refractivity contribution in [3.63, 3.8) is 0 Å². The predicted molar refractivity (Wildman–Crippen MR) is 83.0 cm³/mol. The Bertz CT molecular complexity index is 651. The molecule has 0 saturated carbocycles. The SMILES string of the molecule is COC(=O)N1CCN(C(=O)Cc2ccc3c(c2)CC(=O)N3)CC1. The largest absolute Gasteiger partial charge is 0.453 e. The number of benzene rings is 1. The molecule has 0 atom stereocenters. The lowest BCUT2D eigenvalue weighted by atomic mass is 10.1. The number of amides is 3. The van der Waals surface area contributed by atoms with Crippen molar-refractivity contribution in [3.05, 3.63) is 29.3 Å². The quantitative estimate of drug-likeness (QED) is 0.868. The summed E-state index contributed by atoms with van der Waals surface area (Å²) in [6.45, 7) is 2.00. The van der Waals surface area contributed by atoms with Gasteiger partial charge in [-0.3, -0.25) is 9.59 Å². The molecule has 122 valence electrons. The average molecular weight is 317 g/mol. The third-order valence-corrected chi connectivity index (χ3v) is 4.22. The molecule has 0 radical (unpaired) electrons. The van der Waals surface area contributed by atoms with Crippen LogP contribution in [0.15, 0.2) is 18.2 Å². The van der Waals surface area contributed by atoms with Gasteiger partial charge in [-0.15, -0.1) is 0 Å². The molecule has 0 unspecified atom stereocenters. The molecule has 1 aromatic carbocycles. The fourth-order valence-corrected chi connectivity index (χ4v) is 2.95. The summed E-state index contributed by atoms with van der Waals surface area (Å²) in [4.78, 5) is 38.5. The Morgan fingerprint density at radius 3 is 2.57 bits per heavy atom. The van der Waals surface area contributed by atoms with Gasteiger partial charge >= 0.3 is 6.09 Å². The number of nitrogens with zero attached hydrogens (tertiary/aromatic N) is 2. The van der Waals surface area contributed by atoms with Crippen molar-refractivity contribution in [2.45, 2.75) is 12.8 Å². The summed E-state index contributed by atoms with van der Waals surface area (Å²) in [5.74, 6) is 0.0224. The van der Waals surface area contributed by atoms with Crippen molar-refractivity contribution in [2.24, 2.45) is 0 Å². The third-order valence-electron chi connectivity index (χ3n) is 4.22. The molecule has 3 rings (SSSR count). The molecule has 2 aliphatic rings. The highest BCUT2D eigenvalue weighted by Crippen LogP contribution is 2.24. The number of hydrogen-bond donors (Lipinski definition) is 1. The molecule has 0 aliphatic carbocycles. The van der Waals surface area contributed by atoms with E-state index >= 15 is 0 Å². The van der Waals surface area contributed by atoms with Crippen LogP contribution in [0, 0.1) is 0 Å². The zero-order valence-corrected chi connectivity index (χ0v) is 13.0. The summed E-state index contributed by atoms with van der Waals surface area (Å²) in [6, 6.07) is 5.63. The monoisotopic (exact) mass is 317 g/mol. The summed E-state index contributed by atoms with van der Waals surface area (Å²) in [5.41, 5.74) is 2.68. The fourth-order valence-electron chi connectivity index (χ4n) is 2.95. The Hall–Kier alpha value is -2.57. The van der Waals surface area contributed by atoms with E-state index in [9.17, 15) is 14.4 Å². The molecular weight excluding hydrogens is 298 g/mol. The molecule has 7 nitrogen and oxygen atoms in total. The van der Waals surface area contributed by atoms with Crippen LogP contribution >= 0.6 is 0 Å². The number of nitrogens with one attached hydrogen (secondary N) is 1. The van der Waals surface area contributed by atoms with Crippen LogP contribution in [-0.4, -0.2) is 61.0 Å². The first-order valence-electron chi connectivity index (χ1n) is 7.59. The molecule has 1 aromatic rings. The maximum atomic E-state index is 12.4. The predicted octanol–water partition coefficient (Wildman–Crippen LogP) is 0.634. The lowest BCUT2D eigenvalue weighted by Gasteiger charge is -2.33. The van der Waals surface area contributed by atoms with Crippen LogP contribution in [0.3, 0.4) is 0 Å². The smallest absolute Gasteiger partial charge is 0.409 e. The van der Waals surface area contributed by atoms with E-state index in [0.29, 0.717) is 39.0 Å². The Labute approximate surface area is 134 Å². The highest BCUT2D eigenvalue weighted by molar-refractivity contribution is 5.99. The Morgan fingerprint density at radius 1 is 1.17 bits per heavy atom. The fraction of sp³-hybridized carbons (Fsp3) is 0.438. The minimum absolute atomic E-state index is 0.0117. The van der Waals surface area contributed by atoms with Crippen LogP contribution in [0.25, 0.3) is 0 Å². The van der Waals surface area contributed by atoms with Gasteiger partial charge in [0.1, 0.15) is 0 Å². The maximum absolute atomic E-state index is 12.4. The zero-order valence-electron chi connectivity index (χ0n) is 13.0. The van der Waals surface area contributed by atoms with E-state index in [4.69, 9.17) is 0 Å². The molecule has 3 amide bonds. The zero-order chi connectivity index (χ0) is 16.4. The first-order chi connectivity index (χ1) is 11.1. The third kappa shape index (κ3) is 3.28.